The summed E-state index contributed by atoms with van der Waals surface area (Å²) < 4.78 is 5.88. The van der Waals surface area contributed by atoms with E-state index < -0.39 is 0 Å². The molecule has 0 spiro atoms. The number of hydrogen-bond donors (Lipinski definition) is 1. The Bertz CT molecular complexity index is 1210. The predicted molar refractivity (Wildman–Crippen MR) is 118 cm³/mol. The maximum Gasteiger partial charge on any atom is 0.277 e. The number of amides is 1. The number of aryl methyl sites for hydroxylation is 2. The van der Waals surface area contributed by atoms with Crippen molar-refractivity contribution in [2.75, 3.05) is 5.32 Å². The van der Waals surface area contributed by atoms with E-state index in [9.17, 15) is 4.79 Å². The minimum Gasteiger partial charge on any atom is -0.303 e. The van der Waals surface area contributed by atoms with Crippen molar-refractivity contribution in [3.63, 3.8) is 0 Å². The Labute approximate surface area is 186 Å². The molecule has 0 saturated carbocycles. The third kappa shape index (κ3) is 4.47. The van der Waals surface area contributed by atoms with Crippen LogP contribution in [0.3, 0.4) is 0 Å². The van der Waals surface area contributed by atoms with Gasteiger partial charge in [-0.1, -0.05) is 29.8 Å². The lowest BCUT2D eigenvalue weighted by molar-refractivity contribution is 0.102. The second-order valence-electron chi connectivity index (χ2n) is 6.88. The molecule has 1 amide bonds. The molecule has 4 aromatic rings. The summed E-state index contributed by atoms with van der Waals surface area (Å²) in [6.07, 6.45) is 3.54. The number of halogens is 2. The van der Waals surface area contributed by atoms with Gasteiger partial charge in [0.1, 0.15) is 6.67 Å². The molecule has 0 bridgehead atoms. The van der Waals surface area contributed by atoms with Crippen molar-refractivity contribution in [2.24, 2.45) is 0 Å². The number of anilines is 1. The van der Waals surface area contributed by atoms with E-state index >= 15 is 0 Å². The summed E-state index contributed by atoms with van der Waals surface area (Å²) in [4.78, 5) is 12.6. The summed E-state index contributed by atoms with van der Waals surface area (Å²) in [5.41, 5.74) is 3.20. The molecule has 1 aromatic carbocycles. The molecule has 0 unspecified atom stereocenters. The molecule has 0 radical (unpaired) electrons. The average molecular weight is 489 g/mol. The number of hydrogen-bond acceptors (Lipinski definition) is 4. The van der Waals surface area contributed by atoms with Gasteiger partial charge in [-0.3, -0.25) is 14.2 Å². The number of carbonyl (C=O) groups is 1. The van der Waals surface area contributed by atoms with Gasteiger partial charge in [-0.15, -0.1) is 0 Å². The predicted octanol–water partition coefficient (Wildman–Crippen LogP) is 4.12. The zero-order chi connectivity index (χ0) is 21.3. The van der Waals surface area contributed by atoms with Crippen LogP contribution in [0.15, 0.2) is 53.3 Å². The van der Waals surface area contributed by atoms with Gasteiger partial charge in [-0.05, 0) is 53.5 Å². The van der Waals surface area contributed by atoms with Gasteiger partial charge in [0.2, 0.25) is 0 Å². The van der Waals surface area contributed by atoms with Gasteiger partial charge in [-0.25, -0.2) is 4.68 Å². The van der Waals surface area contributed by atoms with Crippen molar-refractivity contribution in [3.8, 4) is 0 Å². The van der Waals surface area contributed by atoms with E-state index in [0.29, 0.717) is 34.2 Å². The van der Waals surface area contributed by atoms with E-state index in [2.05, 4.69) is 36.5 Å². The van der Waals surface area contributed by atoms with Crippen LogP contribution in [0.1, 0.15) is 27.4 Å². The third-order valence-corrected chi connectivity index (χ3v) is 5.44. The van der Waals surface area contributed by atoms with E-state index in [4.69, 9.17) is 11.6 Å². The fraction of sp³-hybridized carbons (Fsp3) is 0.200. The standard InChI is InChI=1S/C20H19BrClN7O/c1-13-9-14(2)29(24-13)12-27-8-7-18(25-27)20(30)23-19-16(21)11-28(26-19)10-15-5-3-4-6-17(15)22/h3-9,11H,10,12H2,1-2H3,(H,23,26,30). The first-order valence-electron chi connectivity index (χ1n) is 9.21. The fourth-order valence-electron chi connectivity index (χ4n) is 3.05. The van der Waals surface area contributed by atoms with E-state index in [1.807, 2.05) is 48.9 Å². The molecule has 8 nitrogen and oxygen atoms in total. The van der Waals surface area contributed by atoms with E-state index in [1.54, 1.807) is 27.8 Å². The van der Waals surface area contributed by atoms with Gasteiger partial charge in [0.25, 0.3) is 5.91 Å². The fourth-order valence-corrected chi connectivity index (χ4v) is 3.66. The van der Waals surface area contributed by atoms with Crippen LogP contribution in [0, 0.1) is 13.8 Å². The smallest absolute Gasteiger partial charge is 0.277 e. The number of rotatable bonds is 6. The van der Waals surface area contributed by atoms with Crippen molar-refractivity contribution in [1.82, 2.24) is 29.3 Å². The van der Waals surface area contributed by atoms with Gasteiger partial charge in [0.05, 0.1) is 16.7 Å². The highest BCUT2D eigenvalue weighted by Gasteiger charge is 2.15. The molecular formula is C20H19BrClN7O. The van der Waals surface area contributed by atoms with Crippen LogP contribution in [-0.4, -0.2) is 35.2 Å². The first kappa shape index (κ1) is 20.4. The Balaban J connectivity index is 1.44. The summed E-state index contributed by atoms with van der Waals surface area (Å²) in [6, 6.07) is 11.2. The van der Waals surface area contributed by atoms with Crippen LogP contribution < -0.4 is 5.32 Å². The topological polar surface area (TPSA) is 82.6 Å². The second-order valence-corrected chi connectivity index (χ2v) is 8.14. The largest absolute Gasteiger partial charge is 0.303 e. The Kier molecular flexibility index (Phi) is 5.74. The number of benzene rings is 1. The lowest BCUT2D eigenvalue weighted by Crippen LogP contribution is -2.16. The maximum atomic E-state index is 12.6. The molecule has 0 aliphatic heterocycles. The highest BCUT2D eigenvalue weighted by atomic mass is 79.9. The van der Waals surface area contributed by atoms with Gasteiger partial charge in [0.15, 0.2) is 11.5 Å². The zero-order valence-electron chi connectivity index (χ0n) is 16.4. The van der Waals surface area contributed by atoms with Crippen LogP contribution in [-0.2, 0) is 13.2 Å². The van der Waals surface area contributed by atoms with Gasteiger partial charge < -0.3 is 5.32 Å². The van der Waals surface area contributed by atoms with Crippen molar-refractivity contribution in [2.45, 2.75) is 27.1 Å². The number of aromatic nitrogens is 6. The molecule has 3 aromatic heterocycles. The molecule has 10 heteroatoms. The molecule has 3 heterocycles. The van der Waals surface area contributed by atoms with E-state index in [-0.39, 0.29) is 5.91 Å². The number of nitrogens with one attached hydrogen (secondary N) is 1. The monoisotopic (exact) mass is 487 g/mol. The Morgan fingerprint density at radius 3 is 2.67 bits per heavy atom. The lowest BCUT2D eigenvalue weighted by Gasteiger charge is -2.05. The number of nitrogens with zero attached hydrogens (tertiary/aromatic N) is 6. The van der Waals surface area contributed by atoms with Crippen LogP contribution in [0.25, 0.3) is 0 Å². The molecule has 0 fully saturated rings. The van der Waals surface area contributed by atoms with Gasteiger partial charge in [-0.2, -0.15) is 15.3 Å². The zero-order valence-corrected chi connectivity index (χ0v) is 18.7. The molecule has 0 aliphatic rings. The molecule has 1 N–H and O–H groups in total. The Morgan fingerprint density at radius 2 is 1.93 bits per heavy atom. The van der Waals surface area contributed by atoms with Crippen molar-refractivity contribution < 1.29 is 4.79 Å². The summed E-state index contributed by atoms with van der Waals surface area (Å²) >= 11 is 9.66. The van der Waals surface area contributed by atoms with Crippen LogP contribution in [0.5, 0.6) is 0 Å². The van der Waals surface area contributed by atoms with Crippen molar-refractivity contribution >= 4 is 39.3 Å². The Hall–Kier alpha value is -2.91. The summed E-state index contributed by atoms with van der Waals surface area (Å²) in [6.45, 7) is 4.84. The Morgan fingerprint density at radius 1 is 1.13 bits per heavy atom. The van der Waals surface area contributed by atoms with Gasteiger partial charge in [0, 0.05) is 23.1 Å². The highest BCUT2D eigenvalue weighted by molar-refractivity contribution is 9.10. The summed E-state index contributed by atoms with van der Waals surface area (Å²) in [7, 11) is 0. The normalized spacial score (nSPS) is 11.1. The number of carbonyl (C=O) groups excluding carboxylic acids is 1. The second kappa shape index (κ2) is 8.45. The van der Waals surface area contributed by atoms with Crippen molar-refractivity contribution in [3.05, 3.63) is 80.9 Å². The summed E-state index contributed by atoms with van der Waals surface area (Å²) in [5, 5.41) is 16.6. The van der Waals surface area contributed by atoms with Crippen molar-refractivity contribution in [1.29, 1.82) is 0 Å². The first-order valence-corrected chi connectivity index (χ1v) is 10.4. The quantitative estimate of drug-likeness (QED) is 0.443. The summed E-state index contributed by atoms with van der Waals surface area (Å²) in [5.74, 6) is 0.0750. The van der Waals surface area contributed by atoms with E-state index in [1.165, 1.54) is 0 Å². The average Bonchev–Trinajstić information content (AvgIpc) is 3.38. The lowest BCUT2D eigenvalue weighted by atomic mass is 10.2. The molecule has 154 valence electrons. The molecule has 30 heavy (non-hydrogen) atoms. The first-order chi connectivity index (χ1) is 14.4. The minimum atomic E-state index is -0.342. The van der Waals surface area contributed by atoms with Crippen LogP contribution >= 0.6 is 27.5 Å². The van der Waals surface area contributed by atoms with E-state index in [0.717, 1.165) is 17.0 Å². The SMILES string of the molecule is Cc1cc(C)n(Cn2ccc(C(=O)Nc3nn(Cc4ccccc4Cl)cc3Br)n2)n1. The minimum absolute atomic E-state index is 0.295. The van der Waals surface area contributed by atoms with Crippen LogP contribution in [0.4, 0.5) is 5.82 Å². The maximum absolute atomic E-state index is 12.6. The third-order valence-electron chi connectivity index (χ3n) is 4.49. The van der Waals surface area contributed by atoms with Crippen LogP contribution in [0.2, 0.25) is 5.02 Å². The molecule has 0 saturated heterocycles. The van der Waals surface area contributed by atoms with Gasteiger partial charge >= 0.3 is 0 Å². The highest BCUT2D eigenvalue weighted by Crippen LogP contribution is 2.23. The molecule has 4 rings (SSSR count). The molecule has 0 atom stereocenters. The molecule has 0 aliphatic carbocycles. The molecular weight excluding hydrogens is 470 g/mol.